The van der Waals surface area contributed by atoms with Crippen LogP contribution < -0.4 is 15.4 Å². The Labute approximate surface area is 233 Å². The minimum Gasteiger partial charge on any atom is -0.453 e. The molecular weight excluding hydrogens is 553 g/mol. The molecule has 0 aliphatic carbocycles. The standard InChI is InChI=1S/C25H21N5OS3.2ClH/c1-2-4-17(5-3-1)31-21-12-18(34-22-7-10-27-19-8-11-32-23(19)22)14-28-24(21)30-25-29-20(15-33-25)16-6-9-26-13-16;;/h1-5,7-8,10-12,14-16,26H,6,9,13H2,(H,28,29,30);2*1H. The molecule has 1 atom stereocenters. The molecule has 1 aliphatic heterocycles. The summed E-state index contributed by atoms with van der Waals surface area (Å²) < 4.78 is 7.44. The highest BCUT2D eigenvalue weighted by Gasteiger charge is 2.20. The van der Waals surface area contributed by atoms with Crippen LogP contribution in [0.5, 0.6) is 11.5 Å². The minimum atomic E-state index is 0. The van der Waals surface area contributed by atoms with Crippen molar-refractivity contribution >= 4 is 80.4 Å². The van der Waals surface area contributed by atoms with Crippen LogP contribution in [0.3, 0.4) is 0 Å². The lowest BCUT2D eigenvalue weighted by molar-refractivity contribution is 0.481. The Bertz CT molecular complexity index is 1420. The average molecular weight is 577 g/mol. The van der Waals surface area contributed by atoms with E-state index in [2.05, 4.69) is 26.4 Å². The summed E-state index contributed by atoms with van der Waals surface area (Å²) in [7, 11) is 0. The SMILES string of the molecule is Cl.Cl.c1ccc(Oc2cc(Sc3ccnc4ccsc34)cnc2Nc2nc(C3CCNC3)cs2)cc1. The van der Waals surface area contributed by atoms with Gasteiger partial charge in [0.1, 0.15) is 5.75 Å². The first kappa shape index (κ1) is 26.7. The molecule has 0 spiro atoms. The topological polar surface area (TPSA) is 72.0 Å². The summed E-state index contributed by atoms with van der Waals surface area (Å²) in [5.41, 5.74) is 2.15. The second-order valence-corrected chi connectivity index (χ2v) is 10.8. The van der Waals surface area contributed by atoms with Crippen LogP contribution in [-0.2, 0) is 0 Å². The first-order chi connectivity index (χ1) is 16.8. The van der Waals surface area contributed by atoms with Crippen molar-refractivity contribution in [1.82, 2.24) is 20.3 Å². The number of hydrogen-bond donors (Lipinski definition) is 2. The molecule has 1 saturated heterocycles. The zero-order valence-corrected chi connectivity index (χ0v) is 23.0. The van der Waals surface area contributed by atoms with Gasteiger partial charge in [-0.2, -0.15) is 0 Å². The Balaban J connectivity index is 0.00000152. The number of fused-ring (bicyclic) bond motifs is 1. The first-order valence-electron chi connectivity index (χ1n) is 11.0. The zero-order chi connectivity index (χ0) is 22.7. The van der Waals surface area contributed by atoms with Gasteiger partial charge in [0, 0.05) is 46.1 Å². The molecule has 6 rings (SSSR count). The quantitative estimate of drug-likeness (QED) is 0.205. The number of rotatable bonds is 7. The maximum atomic E-state index is 6.26. The number of nitrogens with one attached hydrogen (secondary N) is 2. The summed E-state index contributed by atoms with van der Waals surface area (Å²) in [6.45, 7) is 2.04. The molecule has 1 aromatic carbocycles. The van der Waals surface area contributed by atoms with Crippen LogP contribution in [0.2, 0.25) is 0 Å². The van der Waals surface area contributed by atoms with E-state index in [1.54, 1.807) is 34.4 Å². The number of anilines is 2. The van der Waals surface area contributed by atoms with Gasteiger partial charge < -0.3 is 15.4 Å². The number of halogens is 2. The highest BCUT2D eigenvalue weighted by molar-refractivity contribution is 7.99. The van der Waals surface area contributed by atoms with Crippen LogP contribution in [0.25, 0.3) is 10.2 Å². The summed E-state index contributed by atoms with van der Waals surface area (Å²) in [5, 5.41) is 11.8. The van der Waals surface area contributed by atoms with Gasteiger partial charge in [0.25, 0.3) is 0 Å². The summed E-state index contributed by atoms with van der Waals surface area (Å²) in [6, 6.07) is 15.9. The van der Waals surface area contributed by atoms with Gasteiger partial charge in [-0.3, -0.25) is 4.98 Å². The molecule has 5 heterocycles. The average Bonchev–Trinajstić information content (AvgIpc) is 3.63. The molecule has 1 unspecified atom stereocenters. The fraction of sp³-hybridized carbons (Fsp3) is 0.160. The maximum absolute atomic E-state index is 6.26. The Hall–Kier alpha value is -2.40. The number of nitrogens with zero attached hydrogens (tertiary/aromatic N) is 3. The van der Waals surface area contributed by atoms with Crippen molar-refractivity contribution in [3.8, 4) is 11.5 Å². The summed E-state index contributed by atoms with van der Waals surface area (Å²) in [6.07, 6.45) is 4.85. The van der Waals surface area contributed by atoms with Gasteiger partial charge in [-0.05, 0) is 42.6 Å². The van der Waals surface area contributed by atoms with Crippen molar-refractivity contribution in [2.24, 2.45) is 0 Å². The summed E-state index contributed by atoms with van der Waals surface area (Å²) in [4.78, 5) is 16.1. The monoisotopic (exact) mass is 575 g/mol. The Morgan fingerprint density at radius 3 is 2.78 bits per heavy atom. The van der Waals surface area contributed by atoms with Crippen molar-refractivity contribution in [3.05, 3.63) is 77.4 Å². The van der Waals surface area contributed by atoms with E-state index >= 15 is 0 Å². The maximum Gasteiger partial charge on any atom is 0.188 e. The highest BCUT2D eigenvalue weighted by atomic mass is 35.5. The van der Waals surface area contributed by atoms with Gasteiger partial charge in [-0.15, -0.1) is 47.5 Å². The number of aromatic nitrogens is 3. The number of benzene rings is 1. The van der Waals surface area contributed by atoms with Gasteiger partial charge in [-0.1, -0.05) is 30.0 Å². The number of thiazole rings is 1. The minimum absolute atomic E-state index is 0. The van der Waals surface area contributed by atoms with Gasteiger partial charge >= 0.3 is 0 Å². The summed E-state index contributed by atoms with van der Waals surface area (Å²) in [5.74, 6) is 2.55. The summed E-state index contributed by atoms with van der Waals surface area (Å²) >= 11 is 4.96. The van der Waals surface area contributed by atoms with Crippen molar-refractivity contribution in [3.63, 3.8) is 0 Å². The number of hydrogen-bond acceptors (Lipinski definition) is 9. The molecule has 0 amide bonds. The molecule has 0 radical (unpaired) electrons. The van der Waals surface area contributed by atoms with E-state index in [-0.39, 0.29) is 24.8 Å². The van der Waals surface area contributed by atoms with Gasteiger partial charge in [0.2, 0.25) is 0 Å². The molecule has 36 heavy (non-hydrogen) atoms. The third kappa shape index (κ3) is 5.94. The van der Waals surface area contributed by atoms with Crippen LogP contribution >= 0.6 is 59.2 Å². The smallest absolute Gasteiger partial charge is 0.188 e. The second kappa shape index (κ2) is 12.2. The Morgan fingerprint density at radius 2 is 1.94 bits per heavy atom. The number of ether oxygens (including phenoxy) is 1. The van der Waals surface area contributed by atoms with Crippen molar-refractivity contribution in [1.29, 1.82) is 0 Å². The number of pyridine rings is 2. The third-order valence-corrected chi connectivity index (χ3v) is 8.42. The normalized spacial score (nSPS) is 14.7. The van der Waals surface area contributed by atoms with Gasteiger partial charge in [0.15, 0.2) is 16.7 Å². The molecule has 6 nitrogen and oxygen atoms in total. The second-order valence-electron chi connectivity index (χ2n) is 7.87. The molecule has 186 valence electrons. The lowest BCUT2D eigenvalue weighted by atomic mass is 10.1. The zero-order valence-electron chi connectivity index (χ0n) is 18.9. The van der Waals surface area contributed by atoms with Crippen LogP contribution in [0.4, 0.5) is 10.9 Å². The Kier molecular flexibility index (Phi) is 9.05. The van der Waals surface area contributed by atoms with E-state index in [1.165, 1.54) is 4.70 Å². The fourth-order valence-corrected chi connectivity index (χ4v) is 6.54. The lowest BCUT2D eigenvalue weighted by Gasteiger charge is -2.13. The first-order valence-corrected chi connectivity index (χ1v) is 13.6. The van der Waals surface area contributed by atoms with Crippen LogP contribution in [0, 0.1) is 0 Å². The number of para-hydroxylation sites is 1. The van der Waals surface area contributed by atoms with Gasteiger partial charge in [0.05, 0.1) is 15.9 Å². The van der Waals surface area contributed by atoms with E-state index in [1.807, 2.05) is 60.9 Å². The molecule has 1 aliphatic rings. The molecule has 4 aromatic heterocycles. The highest BCUT2D eigenvalue weighted by Crippen LogP contribution is 2.39. The van der Waals surface area contributed by atoms with E-state index in [0.717, 1.165) is 51.4 Å². The third-order valence-electron chi connectivity index (χ3n) is 5.56. The molecule has 11 heteroatoms. The van der Waals surface area contributed by atoms with Crippen LogP contribution in [0.1, 0.15) is 18.0 Å². The fourth-order valence-electron chi connectivity index (χ4n) is 3.87. The Morgan fingerprint density at radius 1 is 1.06 bits per heavy atom. The molecule has 5 aromatic rings. The van der Waals surface area contributed by atoms with Crippen LogP contribution in [-0.4, -0.2) is 28.0 Å². The van der Waals surface area contributed by atoms with E-state index in [0.29, 0.717) is 17.5 Å². The molecule has 0 saturated carbocycles. The number of thiophene rings is 1. The van der Waals surface area contributed by atoms with Gasteiger partial charge in [-0.25, -0.2) is 9.97 Å². The van der Waals surface area contributed by atoms with E-state index in [4.69, 9.17) is 14.7 Å². The van der Waals surface area contributed by atoms with Crippen LogP contribution in [0.15, 0.2) is 81.5 Å². The van der Waals surface area contributed by atoms with E-state index in [9.17, 15) is 0 Å². The molecule has 1 fully saturated rings. The molecular formula is C25H23Cl2N5OS3. The van der Waals surface area contributed by atoms with Crippen molar-refractivity contribution in [2.45, 2.75) is 22.1 Å². The molecule has 0 bridgehead atoms. The van der Waals surface area contributed by atoms with Crippen molar-refractivity contribution in [2.75, 3.05) is 18.4 Å². The van der Waals surface area contributed by atoms with Crippen molar-refractivity contribution < 1.29 is 4.74 Å². The predicted octanol–water partition coefficient (Wildman–Crippen LogP) is 7.76. The van der Waals surface area contributed by atoms with E-state index < -0.39 is 0 Å². The largest absolute Gasteiger partial charge is 0.453 e. The molecule has 2 N–H and O–H groups in total. The predicted molar refractivity (Wildman–Crippen MR) is 155 cm³/mol. The lowest BCUT2D eigenvalue weighted by Crippen LogP contribution is -2.08.